The summed E-state index contributed by atoms with van der Waals surface area (Å²) in [6.45, 7) is 5.42. The third kappa shape index (κ3) is 2.51. The minimum atomic E-state index is -0.951. The molecular weight excluding hydrogens is 238 g/mol. The van der Waals surface area contributed by atoms with E-state index in [0.717, 1.165) is 0 Å². The maximum Gasteiger partial charge on any atom is 0.332 e. The van der Waals surface area contributed by atoms with Gasteiger partial charge in [0.25, 0.3) is 0 Å². The van der Waals surface area contributed by atoms with Crippen molar-refractivity contribution in [2.75, 3.05) is 0 Å². The number of fused-ring (bicyclic) bond motifs is 1. The number of hydrogen-bond acceptors (Lipinski definition) is 5. The highest BCUT2D eigenvalue weighted by Crippen LogP contribution is 2.39. The van der Waals surface area contributed by atoms with Crippen LogP contribution < -0.4 is 5.73 Å². The fraction of sp³-hybridized carbons (Fsp3) is 0.917. The van der Waals surface area contributed by atoms with Gasteiger partial charge >= 0.3 is 5.97 Å². The average Bonchev–Trinajstić information content (AvgIpc) is 2.71. The Kier molecular flexibility index (Phi) is 3.64. The van der Waals surface area contributed by atoms with Crippen LogP contribution in [0, 0.1) is 0 Å². The minimum absolute atomic E-state index is 0.173. The predicted molar refractivity (Wildman–Crippen MR) is 63.0 cm³/mol. The van der Waals surface area contributed by atoms with E-state index in [9.17, 15) is 4.79 Å². The Morgan fingerprint density at radius 2 is 2.11 bits per heavy atom. The molecule has 1 heterocycles. The lowest BCUT2D eigenvalue weighted by molar-refractivity contribution is -0.179. The smallest absolute Gasteiger partial charge is 0.332 e. The molecule has 2 fully saturated rings. The van der Waals surface area contributed by atoms with Crippen LogP contribution in [0.2, 0.25) is 0 Å². The molecule has 0 aromatic rings. The van der Waals surface area contributed by atoms with Crippen LogP contribution in [0.5, 0.6) is 0 Å². The molecule has 0 bridgehead atoms. The largest absolute Gasteiger partial charge is 0.479 e. The molecule has 6 heteroatoms. The quantitative estimate of drug-likeness (QED) is 0.763. The first-order valence-corrected chi connectivity index (χ1v) is 6.33. The van der Waals surface area contributed by atoms with Gasteiger partial charge in [-0.2, -0.15) is 0 Å². The molecule has 1 saturated carbocycles. The lowest BCUT2D eigenvalue weighted by Gasteiger charge is -2.24. The van der Waals surface area contributed by atoms with E-state index in [2.05, 4.69) is 0 Å². The van der Waals surface area contributed by atoms with Crippen LogP contribution in [0.4, 0.5) is 0 Å². The Bertz CT molecular complexity index is 332. The maximum absolute atomic E-state index is 11.0. The highest BCUT2D eigenvalue weighted by molar-refractivity contribution is 5.72. The molecule has 6 nitrogen and oxygen atoms in total. The van der Waals surface area contributed by atoms with Crippen molar-refractivity contribution in [2.45, 2.75) is 69.9 Å². The first-order valence-electron chi connectivity index (χ1n) is 6.33. The van der Waals surface area contributed by atoms with Gasteiger partial charge < -0.3 is 25.1 Å². The van der Waals surface area contributed by atoms with E-state index in [4.69, 9.17) is 25.1 Å². The van der Waals surface area contributed by atoms with Gasteiger partial charge in [-0.3, -0.25) is 0 Å². The van der Waals surface area contributed by atoms with Gasteiger partial charge in [-0.25, -0.2) is 4.79 Å². The first kappa shape index (κ1) is 13.7. The molecule has 2 aliphatic rings. The summed E-state index contributed by atoms with van der Waals surface area (Å²) in [7, 11) is 0. The summed E-state index contributed by atoms with van der Waals surface area (Å²) in [6, 6.07) is -0.173. The number of ether oxygens (including phenoxy) is 3. The van der Waals surface area contributed by atoms with Crippen LogP contribution in [0.1, 0.15) is 33.6 Å². The summed E-state index contributed by atoms with van der Waals surface area (Å²) in [4.78, 5) is 11.0. The van der Waals surface area contributed by atoms with Crippen molar-refractivity contribution >= 4 is 5.97 Å². The van der Waals surface area contributed by atoms with Crippen molar-refractivity contribution in [1.82, 2.24) is 0 Å². The van der Waals surface area contributed by atoms with E-state index in [1.807, 2.05) is 13.8 Å². The number of carboxylic acids is 1. The SMILES string of the molecule is CCC(O[C@H]1C[C@@H](N)[C@@H]2OC(C)(C)O[C@@H]21)C(=O)O. The topological polar surface area (TPSA) is 91.0 Å². The molecule has 0 spiro atoms. The molecule has 0 aromatic heterocycles. The van der Waals surface area contributed by atoms with Crippen molar-refractivity contribution in [2.24, 2.45) is 5.73 Å². The zero-order valence-electron chi connectivity index (χ0n) is 11.0. The van der Waals surface area contributed by atoms with E-state index in [-0.39, 0.29) is 24.4 Å². The molecule has 104 valence electrons. The molecule has 5 atom stereocenters. The minimum Gasteiger partial charge on any atom is -0.479 e. The molecule has 0 aromatic carbocycles. The van der Waals surface area contributed by atoms with Crippen LogP contribution in [0.3, 0.4) is 0 Å². The Morgan fingerprint density at radius 3 is 2.67 bits per heavy atom. The summed E-state index contributed by atoms with van der Waals surface area (Å²) in [5.41, 5.74) is 5.99. The molecule has 0 amide bonds. The van der Waals surface area contributed by atoms with Gasteiger partial charge in [0.2, 0.25) is 0 Å². The molecule has 1 saturated heterocycles. The van der Waals surface area contributed by atoms with Crippen molar-refractivity contribution in [1.29, 1.82) is 0 Å². The summed E-state index contributed by atoms with van der Waals surface area (Å²) < 4.78 is 17.1. The second kappa shape index (κ2) is 4.77. The van der Waals surface area contributed by atoms with E-state index < -0.39 is 17.9 Å². The second-order valence-electron chi connectivity index (χ2n) is 5.37. The van der Waals surface area contributed by atoms with Crippen molar-refractivity contribution < 1.29 is 24.1 Å². The number of rotatable bonds is 4. The van der Waals surface area contributed by atoms with Crippen LogP contribution in [0.25, 0.3) is 0 Å². The van der Waals surface area contributed by atoms with Crippen molar-refractivity contribution in [3.8, 4) is 0 Å². The van der Waals surface area contributed by atoms with Gasteiger partial charge in [0, 0.05) is 6.04 Å². The summed E-state index contributed by atoms with van der Waals surface area (Å²) >= 11 is 0. The third-order valence-electron chi connectivity index (χ3n) is 3.44. The number of carbonyl (C=O) groups is 1. The van der Waals surface area contributed by atoms with Crippen LogP contribution >= 0.6 is 0 Å². The van der Waals surface area contributed by atoms with Crippen LogP contribution in [-0.2, 0) is 19.0 Å². The number of nitrogens with two attached hydrogens (primary N) is 1. The van der Waals surface area contributed by atoms with E-state index in [1.54, 1.807) is 6.92 Å². The van der Waals surface area contributed by atoms with E-state index in [0.29, 0.717) is 12.8 Å². The predicted octanol–water partition coefficient (Wildman–Crippen LogP) is 0.486. The molecule has 3 N–H and O–H groups in total. The van der Waals surface area contributed by atoms with Gasteiger partial charge in [-0.05, 0) is 26.7 Å². The zero-order chi connectivity index (χ0) is 13.5. The fourth-order valence-electron chi connectivity index (χ4n) is 2.65. The Morgan fingerprint density at radius 1 is 1.50 bits per heavy atom. The van der Waals surface area contributed by atoms with Gasteiger partial charge in [0.15, 0.2) is 11.9 Å². The fourth-order valence-corrected chi connectivity index (χ4v) is 2.65. The van der Waals surface area contributed by atoms with Crippen molar-refractivity contribution in [3.05, 3.63) is 0 Å². The standard InChI is InChI=1S/C12H21NO5/c1-4-7(11(14)15)16-8-5-6(13)9-10(8)18-12(2,3)17-9/h6-10H,4-5,13H2,1-3H3,(H,14,15)/t6-,7?,8+,9+,10-/m1/s1. The summed E-state index contributed by atoms with van der Waals surface area (Å²) in [5.74, 6) is -1.63. The molecule has 2 rings (SSSR count). The van der Waals surface area contributed by atoms with E-state index in [1.165, 1.54) is 0 Å². The monoisotopic (exact) mass is 259 g/mol. The van der Waals surface area contributed by atoms with Gasteiger partial charge in [0.05, 0.1) is 6.10 Å². The summed E-state index contributed by atoms with van der Waals surface area (Å²) in [5, 5.41) is 9.01. The van der Waals surface area contributed by atoms with E-state index >= 15 is 0 Å². The van der Waals surface area contributed by atoms with Crippen LogP contribution in [0.15, 0.2) is 0 Å². The van der Waals surface area contributed by atoms with Gasteiger partial charge in [0.1, 0.15) is 12.2 Å². The zero-order valence-corrected chi connectivity index (χ0v) is 11.0. The molecule has 0 radical (unpaired) electrons. The molecule has 18 heavy (non-hydrogen) atoms. The van der Waals surface area contributed by atoms with Crippen molar-refractivity contribution in [3.63, 3.8) is 0 Å². The van der Waals surface area contributed by atoms with Crippen LogP contribution in [-0.4, -0.2) is 47.3 Å². The highest BCUT2D eigenvalue weighted by atomic mass is 16.8. The highest BCUT2D eigenvalue weighted by Gasteiger charge is 2.54. The molecule has 1 unspecified atom stereocenters. The average molecular weight is 259 g/mol. The first-order chi connectivity index (χ1) is 8.34. The Hall–Kier alpha value is -0.690. The normalized spacial score (nSPS) is 39.6. The lowest BCUT2D eigenvalue weighted by Crippen LogP contribution is -2.36. The Labute approximate surface area is 106 Å². The molecule has 1 aliphatic carbocycles. The number of carboxylic acid groups (broad SMARTS) is 1. The van der Waals surface area contributed by atoms with Gasteiger partial charge in [-0.1, -0.05) is 6.92 Å². The number of hydrogen-bond donors (Lipinski definition) is 2. The summed E-state index contributed by atoms with van der Waals surface area (Å²) in [6.07, 6.45) is -0.626. The molecule has 1 aliphatic heterocycles. The second-order valence-corrected chi connectivity index (χ2v) is 5.37. The maximum atomic E-state index is 11.0. The molecular formula is C12H21NO5. The lowest BCUT2D eigenvalue weighted by atomic mass is 10.2. The number of aliphatic carboxylic acids is 1. The Balaban J connectivity index is 2.04. The van der Waals surface area contributed by atoms with Gasteiger partial charge in [-0.15, -0.1) is 0 Å². The third-order valence-corrected chi connectivity index (χ3v) is 3.44.